The lowest BCUT2D eigenvalue weighted by atomic mass is 10.1. The van der Waals surface area contributed by atoms with Crippen molar-refractivity contribution in [2.75, 3.05) is 26.2 Å². The Hall–Kier alpha value is -1.55. The molecule has 0 spiro atoms. The van der Waals surface area contributed by atoms with Crippen LogP contribution in [0.25, 0.3) is 0 Å². The molecule has 3 rings (SSSR count). The number of nitrogens with zero attached hydrogens (tertiary/aromatic N) is 3. The fourth-order valence-electron chi connectivity index (χ4n) is 2.70. The minimum Gasteiger partial charge on any atom is -0.295 e. The summed E-state index contributed by atoms with van der Waals surface area (Å²) < 4.78 is 0. The predicted molar refractivity (Wildman–Crippen MR) is 102 cm³/mol. The summed E-state index contributed by atoms with van der Waals surface area (Å²) >= 11 is 12.0. The molecule has 24 heavy (non-hydrogen) atoms. The Morgan fingerprint density at radius 2 is 1.67 bits per heavy atom. The molecule has 126 valence electrons. The SMILES string of the molecule is Cc1ccc(CN2CCN(/N=C/c3ccc(Cl)c(Cl)c3)CC2)cc1. The average molecular weight is 362 g/mol. The highest BCUT2D eigenvalue weighted by Gasteiger charge is 2.15. The second-order valence-corrected chi connectivity index (χ2v) is 6.95. The average Bonchev–Trinajstić information content (AvgIpc) is 2.59. The molecular formula is C19H21Cl2N3. The van der Waals surface area contributed by atoms with Crippen LogP contribution in [0.15, 0.2) is 47.6 Å². The van der Waals surface area contributed by atoms with E-state index < -0.39 is 0 Å². The van der Waals surface area contributed by atoms with Crippen LogP contribution in [0.1, 0.15) is 16.7 Å². The number of benzene rings is 2. The van der Waals surface area contributed by atoms with Crippen LogP contribution in [0.3, 0.4) is 0 Å². The Balaban J connectivity index is 1.50. The van der Waals surface area contributed by atoms with Crippen LogP contribution in [0.5, 0.6) is 0 Å². The Kier molecular flexibility index (Phi) is 5.77. The second-order valence-electron chi connectivity index (χ2n) is 6.13. The number of hydrogen-bond donors (Lipinski definition) is 0. The van der Waals surface area contributed by atoms with Crippen LogP contribution < -0.4 is 0 Å². The molecule has 0 aromatic heterocycles. The molecule has 5 heteroatoms. The molecule has 0 N–H and O–H groups in total. The van der Waals surface area contributed by atoms with Crippen LogP contribution in [0, 0.1) is 6.92 Å². The zero-order valence-corrected chi connectivity index (χ0v) is 15.3. The Bertz CT molecular complexity index is 705. The monoisotopic (exact) mass is 361 g/mol. The van der Waals surface area contributed by atoms with E-state index in [-0.39, 0.29) is 0 Å². The third-order valence-corrected chi connectivity index (χ3v) is 4.93. The van der Waals surface area contributed by atoms with Crippen LogP contribution >= 0.6 is 23.2 Å². The molecule has 3 nitrogen and oxygen atoms in total. The van der Waals surface area contributed by atoms with Crippen molar-refractivity contribution in [1.82, 2.24) is 9.91 Å². The number of aryl methyl sites for hydroxylation is 1. The molecule has 2 aromatic rings. The van der Waals surface area contributed by atoms with Crippen LogP contribution in [0.2, 0.25) is 10.0 Å². The van der Waals surface area contributed by atoms with E-state index in [1.54, 1.807) is 6.07 Å². The molecule has 0 radical (unpaired) electrons. The van der Waals surface area contributed by atoms with Gasteiger partial charge in [-0.1, -0.05) is 59.1 Å². The summed E-state index contributed by atoms with van der Waals surface area (Å²) in [5.41, 5.74) is 3.64. The van der Waals surface area contributed by atoms with E-state index in [1.165, 1.54) is 11.1 Å². The zero-order chi connectivity index (χ0) is 16.9. The number of rotatable bonds is 4. The lowest BCUT2D eigenvalue weighted by molar-refractivity contribution is 0.131. The second kappa shape index (κ2) is 8.02. The van der Waals surface area contributed by atoms with Gasteiger partial charge in [-0.3, -0.25) is 9.91 Å². The fraction of sp³-hybridized carbons (Fsp3) is 0.316. The highest BCUT2D eigenvalue weighted by atomic mass is 35.5. The molecule has 1 aliphatic heterocycles. The van der Waals surface area contributed by atoms with Gasteiger partial charge in [0.05, 0.1) is 16.3 Å². The maximum atomic E-state index is 6.03. The normalized spacial score (nSPS) is 16.0. The lowest BCUT2D eigenvalue weighted by Crippen LogP contribution is -2.43. The summed E-state index contributed by atoms with van der Waals surface area (Å²) in [5.74, 6) is 0. The first-order valence-electron chi connectivity index (χ1n) is 8.12. The largest absolute Gasteiger partial charge is 0.295 e. The maximum Gasteiger partial charge on any atom is 0.0598 e. The molecule has 1 fully saturated rings. The Morgan fingerprint density at radius 1 is 0.958 bits per heavy atom. The maximum absolute atomic E-state index is 6.03. The van der Waals surface area contributed by atoms with Crippen molar-refractivity contribution >= 4 is 29.4 Å². The van der Waals surface area contributed by atoms with Crippen LogP contribution in [0.4, 0.5) is 0 Å². The molecule has 0 bridgehead atoms. The van der Waals surface area contributed by atoms with E-state index in [0.717, 1.165) is 38.3 Å². The standard InChI is InChI=1S/C19H21Cl2N3/c1-15-2-4-16(5-3-15)14-23-8-10-24(11-9-23)22-13-17-6-7-18(20)19(21)12-17/h2-7,12-13H,8-11,14H2,1H3/b22-13+. The van der Waals surface area contributed by atoms with Gasteiger partial charge in [-0.05, 0) is 30.2 Å². The molecule has 0 atom stereocenters. The van der Waals surface area contributed by atoms with Gasteiger partial charge < -0.3 is 0 Å². The quantitative estimate of drug-likeness (QED) is 0.749. The van der Waals surface area contributed by atoms with Crippen molar-refractivity contribution in [2.45, 2.75) is 13.5 Å². The van der Waals surface area contributed by atoms with Gasteiger partial charge in [0.25, 0.3) is 0 Å². The van der Waals surface area contributed by atoms with Crippen molar-refractivity contribution in [3.05, 3.63) is 69.2 Å². The first-order valence-corrected chi connectivity index (χ1v) is 8.87. The van der Waals surface area contributed by atoms with Gasteiger partial charge in [0.2, 0.25) is 0 Å². The van der Waals surface area contributed by atoms with E-state index in [0.29, 0.717) is 10.0 Å². The molecule has 0 amide bonds. The van der Waals surface area contributed by atoms with Gasteiger partial charge in [0.15, 0.2) is 0 Å². The van der Waals surface area contributed by atoms with Crippen LogP contribution in [-0.2, 0) is 6.54 Å². The number of piperazine rings is 1. The lowest BCUT2D eigenvalue weighted by Gasteiger charge is -2.33. The van der Waals surface area contributed by atoms with Crippen molar-refractivity contribution in [3.63, 3.8) is 0 Å². The van der Waals surface area contributed by atoms with Gasteiger partial charge >= 0.3 is 0 Å². The van der Waals surface area contributed by atoms with E-state index >= 15 is 0 Å². The fourth-order valence-corrected chi connectivity index (χ4v) is 3.01. The summed E-state index contributed by atoms with van der Waals surface area (Å²) in [6.45, 7) is 7.03. The van der Waals surface area contributed by atoms with E-state index in [1.807, 2.05) is 18.3 Å². The predicted octanol–water partition coefficient (Wildman–Crippen LogP) is 4.45. The topological polar surface area (TPSA) is 18.8 Å². The third kappa shape index (κ3) is 4.73. The smallest absolute Gasteiger partial charge is 0.0598 e. The van der Waals surface area contributed by atoms with Crippen molar-refractivity contribution in [3.8, 4) is 0 Å². The molecular weight excluding hydrogens is 341 g/mol. The first-order chi connectivity index (χ1) is 11.6. The zero-order valence-electron chi connectivity index (χ0n) is 13.8. The van der Waals surface area contributed by atoms with Gasteiger partial charge in [-0.2, -0.15) is 5.10 Å². The minimum absolute atomic E-state index is 0.559. The number of halogens is 2. The highest BCUT2D eigenvalue weighted by Crippen LogP contribution is 2.21. The van der Waals surface area contributed by atoms with Gasteiger partial charge in [0, 0.05) is 32.7 Å². The summed E-state index contributed by atoms with van der Waals surface area (Å²) in [6.07, 6.45) is 1.85. The number of hydrazone groups is 1. The van der Waals surface area contributed by atoms with Crippen molar-refractivity contribution in [2.24, 2.45) is 5.10 Å². The van der Waals surface area contributed by atoms with Crippen LogP contribution in [-0.4, -0.2) is 42.3 Å². The summed E-state index contributed by atoms with van der Waals surface area (Å²) in [5, 5.41) is 7.79. The Morgan fingerprint density at radius 3 is 2.33 bits per heavy atom. The van der Waals surface area contributed by atoms with Crippen molar-refractivity contribution < 1.29 is 0 Å². The van der Waals surface area contributed by atoms with Gasteiger partial charge in [0.1, 0.15) is 0 Å². The summed E-state index contributed by atoms with van der Waals surface area (Å²) in [4.78, 5) is 2.47. The molecule has 0 aliphatic carbocycles. The molecule has 0 unspecified atom stereocenters. The number of hydrogen-bond acceptors (Lipinski definition) is 3. The Labute approximate surface area is 153 Å². The summed E-state index contributed by atoms with van der Waals surface area (Å²) in [6, 6.07) is 14.3. The minimum atomic E-state index is 0.559. The molecule has 1 heterocycles. The van der Waals surface area contributed by atoms with Gasteiger partial charge in [-0.15, -0.1) is 0 Å². The molecule has 2 aromatic carbocycles. The first kappa shape index (κ1) is 17.3. The van der Waals surface area contributed by atoms with E-state index in [4.69, 9.17) is 23.2 Å². The van der Waals surface area contributed by atoms with Gasteiger partial charge in [-0.25, -0.2) is 0 Å². The summed E-state index contributed by atoms with van der Waals surface area (Å²) in [7, 11) is 0. The van der Waals surface area contributed by atoms with E-state index in [2.05, 4.69) is 46.2 Å². The highest BCUT2D eigenvalue weighted by molar-refractivity contribution is 6.42. The van der Waals surface area contributed by atoms with Crippen molar-refractivity contribution in [1.29, 1.82) is 0 Å². The molecule has 1 aliphatic rings. The molecule has 0 saturated carbocycles. The molecule has 1 saturated heterocycles. The third-order valence-electron chi connectivity index (χ3n) is 4.19. The van der Waals surface area contributed by atoms with E-state index in [9.17, 15) is 0 Å².